The highest BCUT2D eigenvalue weighted by Gasteiger charge is 2.49. The van der Waals surface area contributed by atoms with Gasteiger partial charge < -0.3 is 14.6 Å². The largest absolute Gasteiger partial charge is 0.392 e. The topological polar surface area (TPSA) is 38.7 Å². The summed E-state index contributed by atoms with van der Waals surface area (Å²) in [6, 6.07) is 0. The summed E-state index contributed by atoms with van der Waals surface area (Å²) in [5.74, 6) is -0.473. The molecule has 2 aliphatic rings. The average Bonchev–Trinajstić information content (AvgIpc) is 2.62. The van der Waals surface area contributed by atoms with Crippen LogP contribution in [0.1, 0.15) is 53.9 Å². The lowest BCUT2D eigenvalue weighted by Crippen LogP contribution is -2.44. The molecule has 2 fully saturated rings. The first-order valence-corrected chi connectivity index (χ1v) is 7.64. The molecule has 3 heteroatoms. The van der Waals surface area contributed by atoms with E-state index in [1.54, 1.807) is 0 Å². The van der Waals surface area contributed by atoms with E-state index in [0.29, 0.717) is 0 Å². The minimum atomic E-state index is -0.530. The molecule has 0 spiro atoms. The molecule has 0 radical (unpaired) electrons. The molecule has 1 heterocycles. The predicted octanol–water partition coefficient (Wildman–Crippen LogP) is 3.58. The van der Waals surface area contributed by atoms with Crippen molar-refractivity contribution in [1.29, 1.82) is 0 Å². The third kappa shape index (κ3) is 3.51. The number of ether oxygens (including phenoxy) is 2. The van der Waals surface area contributed by atoms with Crippen molar-refractivity contribution < 1.29 is 14.6 Å². The monoisotopic (exact) mass is 280 g/mol. The third-order valence-corrected chi connectivity index (χ3v) is 4.23. The fourth-order valence-corrected chi connectivity index (χ4v) is 3.30. The predicted molar refractivity (Wildman–Crippen MR) is 80.4 cm³/mol. The van der Waals surface area contributed by atoms with E-state index in [9.17, 15) is 5.11 Å². The minimum absolute atomic E-state index is 0.0169. The van der Waals surface area contributed by atoms with Crippen LogP contribution >= 0.6 is 0 Å². The standard InChI is InChI=1S/C17H28O3/c1-11(2)7-6-8-12(3)15-13(18)9-10-14-16(15)20-17(4,5)19-14/h7-8,13-16,18H,6,9-10H2,1-5H3/b12-8-/t13-,14+,15+,16+/m0/s1. The first-order chi connectivity index (χ1) is 9.30. The molecule has 114 valence electrons. The normalized spacial score (nSPS) is 36.6. The van der Waals surface area contributed by atoms with Crippen LogP contribution in [0, 0.1) is 5.92 Å². The van der Waals surface area contributed by atoms with Gasteiger partial charge in [-0.3, -0.25) is 0 Å². The minimum Gasteiger partial charge on any atom is -0.392 e. The zero-order valence-corrected chi connectivity index (χ0v) is 13.3. The summed E-state index contributed by atoms with van der Waals surface area (Å²) in [5.41, 5.74) is 2.53. The second-order valence-electron chi connectivity index (χ2n) is 6.77. The molecule has 2 rings (SSSR count). The van der Waals surface area contributed by atoms with Crippen molar-refractivity contribution in [2.24, 2.45) is 5.92 Å². The molecular weight excluding hydrogens is 252 g/mol. The highest BCUT2D eigenvalue weighted by atomic mass is 16.8. The van der Waals surface area contributed by atoms with E-state index in [0.717, 1.165) is 19.3 Å². The first-order valence-electron chi connectivity index (χ1n) is 7.64. The van der Waals surface area contributed by atoms with Crippen LogP contribution in [0.2, 0.25) is 0 Å². The van der Waals surface area contributed by atoms with Crippen LogP contribution in [-0.2, 0) is 9.47 Å². The summed E-state index contributed by atoms with van der Waals surface area (Å²) in [5, 5.41) is 10.4. The lowest BCUT2D eigenvalue weighted by atomic mass is 9.78. The van der Waals surface area contributed by atoms with Gasteiger partial charge in [-0.25, -0.2) is 0 Å². The lowest BCUT2D eigenvalue weighted by Gasteiger charge is -2.36. The summed E-state index contributed by atoms with van der Waals surface area (Å²) in [6.07, 6.45) is 6.77. The summed E-state index contributed by atoms with van der Waals surface area (Å²) in [4.78, 5) is 0. The van der Waals surface area contributed by atoms with Gasteiger partial charge in [-0.05, 0) is 53.9 Å². The third-order valence-electron chi connectivity index (χ3n) is 4.23. The average molecular weight is 280 g/mol. The maximum atomic E-state index is 10.4. The second kappa shape index (κ2) is 6.00. The molecule has 1 aliphatic carbocycles. The number of allylic oxidation sites excluding steroid dienone is 3. The quantitative estimate of drug-likeness (QED) is 0.803. The molecule has 0 aromatic rings. The van der Waals surface area contributed by atoms with E-state index >= 15 is 0 Å². The molecule has 3 nitrogen and oxygen atoms in total. The zero-order valence-electron chi connectivity index (χ0n) is 13.3. The van der Waals surface area contributed by atoms with Gasteiger partial charge in [0.25, 0.3) is 0 Å². The van der Waals surface area contributed by atoms with Gasteiger partial charge >= 0.3 is 0 Å². The first kappa shape index (κ1) is 15.7. The van der Waals surface area contributed by atoms with Crippen LogP contribution < -0.4 is 0 Å². The summed E-state index contributed by atoms with van der Waals surface area (Å²) >= 11 is 0. The highest BCUT2D eigenvalue weighted by Crippen LogP contribution is 2.42. The fourth-order valence-electron chi connectivity index (χ4n) is 3.30. The van der Waals surface area contributed by atoms with Gasteiger partial charge in [0.05, 0.1) is 18.3 Å². The number of hydrogen-bond acceptors (Lipinski definition) is 3. The molecule has 1 saturated heterocycles. The van der Waals surface area contributed by atoms with Crippen molar-refractivity contribution in [2.45, 2.75) is 78.0 Å². The smallest absolute Gasteiger partial charge is 0.163 e. The van der Waals surface area contributed by atoms with Gasteiger partial charge in [0, 0.05) is 5.92 Å². The molecule has 0 amide bonds. The number of hydrogen-bond donors (Lipinski definition) is 1. The number of rotatable bonds is 3. The van der Waals surface area contributed by atoms with Crippen molar-refractivity contribution in [2.75, 3.05) is 0 Å². The van der Waals surface area contributed by atoms with Crippen LogP contribution in [0.3, 0.4) is 0 Å². The van der Waals surface area contributed by atoms with Crippen molar-refractivity contribution in [3.05, 3.63) is 23.3 Å². The van der Waals surface area contributed by atoms with E-state index in [-0.39, 0.29) is 24.2 Å². The Bertz CT molecular complexity index is 404. The van der Waals surface area contributed by atoms with Gasteiger partial charge in [0.15, 0.2) is 5.79 Å². The molecule has 1 aliphatic heterocycles. The van der Waals surface area contributed by atoms with E-state index in [4.69, 9.17) is 9.47 Å². The Balaban J connectivity index is 2.13. The molecule has 20 heavy (non-hydrogen) atoms. The fraction of sp³-hybridized carbons (Fsp3) is 0.765. The Labute approximate surface area is 122 Å². The molecule has 0 aromatic carbocycles. The Morgan fingerprint density at radius 3 is 2.50 bits per heavy atom. The van der Waals surface area contributed by atoms with E-state index in [2.05, 4.69) is 32.9 Å². The van der Waals surface area contributed by atoms with Crippen molar-refractivity contribution in [3.63, 3.8) is 0 Å². The van der Waals surface area contributed by atoms with Crippen LogP contribution in [0.5, 0.6) is 0 Å². The molecule has 4 atom stereocenters. The summed E-state index contributed by atoms with van der Waals surface area (Å²) in [6.45, 7) is 10.2. The van der Waals surface area contributed by atoms with Gasteiger partial charge in [-0.15, -0.1) is 0 Å². The Morgan fingerprint density at radius 2 is 1.85 bits per heavy atom. The maximum absolute atomic E-state index is 10.4. The lowest BCUT2D eigenvalue weighted by molar-refractivity contribution is -0.149. The van der Waals surface area contributed by atoms with Crippen molar-refractivity contribution in [1.82, 2.24) is 0 Å². The highest BCUT2D eigenvalue weighted by molar-refractivity contribution is 5.15. The van der Waals surface area contributed by atoms with E-state index < -0.39 is 5.79 Å². The van der Waals surface area contributed by atoms with Crippen LogP contribution in [0.15, 0.2) is 23.3 Å². The number of aliphatic hydroxyl groups is 1. The van der Waals surface area contributed by atoms with Gasteiger partial charge in [-0.2, -0.15) is 0 Å². The van der Waals surface area contributed by atoms with Crippen LogP contribution in [-0.4, -0.2) is 29.2 Å². The van der Waals surface area contributed by atoms with Crippen LogP contribution in [0.25, 0.3) is 0 Å². The molecule has 1 N–H and O–H groups in total. The van der Waals surface area contributed by atoms with Crippen LogP contribution in [0.4, 0.5) is 0 Å². The molecule has 0 bridgehead atoms. The summed E-state index contributed by atoms with van der Waals surface area (Å²) in [7, 11) is 0. The van der Waals surface area contributed by atoms with Gasteiger partial charge in [0.1, 0.15) is 0 Å². The Kier molecular flexibility index (Phi) is 4.73. The Morgan fingerprint density at radius 1 is 1.15 bits per heavy atom. The van der Waals surface area contributed by atoms with Crippen molar-refractivity contribution >= 4 is 0 Å². The van der Waals surface area contributed by atoms with E-state index in [1.165, 1.54) is 11.1 Å². The molecule has 0 aromatic heterocycles. The number of fused-ring (bicyclic) bond motifs is 1. The van der Waals surface area contributed by atoms with E-state index in [1.807, 2.05) is 13.8 Å². The van der Waals surface area contributed by atoms with Crippen molar-refractivity contribution in [3.8, 4) is 0 Å². The molecule has 1 saturated carbocycles. The maximum Gasteiger partial charge on any atom is 0.163 e. The molecular formula is C17H28O3. The van der Waals surface area contributed by atoms with Gasteiger partial charge in [-0.1, -0.05) is 23.3 Å². The Hall–Kier alpha value is -0.640. The molecule has 0 unspecified atom stereocenters. The number of aliphatic hydroxyl groups excluding tert-OH is 1. The summed E-state index contributed by atoms with van der Waals surface area (Å²) < 4.78 is 12.0. The zero-order chi connectivity index (χ0) is 14.9. The second-order valence-corrected chi connectivity index (χ2v) is 6.77. The SMILES string of the molecule is CC(C)=CC/C=C(/C)[C@H]1[C@@H]2OC(C)(C)O[C@@H]2CC[C@@H]1O. The van der Waals surface area contributed by atoms with Gasteiger partial charge in [0.2, 0.25) is 0 Å².